The van der Waals surface area contributed by atoms with Crippen LogP contribution in [0.5, 0.6) is 0 Å². The van der Waals surface area contributed by atoms with Gasteiger partial charge in [0.25, 0.3) is 0 Å². The molecule has 0 radical (unpaired) electrons. The molecule has 1 atom stereocenters. The smallest absolute Gasteiger partial charge is 0.141 e. The van der Waals surface area contributed by atoms with Crippen LogP contribution in [0.3, 0.4) is 0 Å². The van der Waals surface area contributed by atoms with Crippen molar-refractivity contribution in [3.8, 4) is 0 Å². The zero-order valence-corrected chi connectivity index (χ0v) is 11.3. The van der Waals surface area contributed by atoms with Gasteiger partial charge in [-0.1, -0.05) is 29.3 Å². The van der Waals surface area contributed by atoms with Crippen LogP contribution in [0.4, 0.5) is 8.78 Å². The van der Waals surface area contributed by atoms with Crippen molar-refractivity contribution < 1.29 is 8.78 Å². The molecular weight excluding hydrogens is 291 g/mol. The fourth-order valence-corrected chi connectivity index (χ4v) is 2.18. The third-order valence-electron chi connectivity index (χ3n) is 2.82. The molecule has 0 saturated carbocycles. The second-order valence-electron chi connectivity index (χ2n) is 4.22. The van der Waals surface area contributed by atoms with E-state index in [4.69, 9.17) is 28.9 Å². The summed E-state index contributed by atoms with van der Waals surface area (Å²) < 4.78 is 26.6. The van der Waals surface area contributed by atoms with Crippen LogP contribution in [0, 0.1) is 11.6 Å². The van der Waals surface area contributed by atoms with Gasteiger partial charge in [0.1, 0.15) is 11.6 Å². The molecule has 0 bridgehead atoms. The third kappa shape index (κ3) is 3.44. The van der Waals surface area contributed by atoms with Gasteiger partial charge < -0.3 is 5.73 Å². The summed E-state index contributed by atoms with van der Waals surface area (Å²) in [5.41, 5.74) is 7.04. The molecule has 0 heterocycles. The Bertz CT molecular complexity index is 602. The highest BCUT2D eigenvalue weighted by atomic mass is 35.5. The Hall–Kier alpha value is -1.16. The van der Waals surface area contributed by atoms with Gasteiger partial charge in [-0.2, -0.15) is 0 Å². The minimum atomic E-state index is -0.508. The summed E-state index contributed by atoms with van der Waals surface area (Å²) in [4.78, 5) is 0. The molecular formula is C14H11Cl2F2N. The molecule has 2 aromatic carbocycles. The summed E-state index contributed by atoms with van der Waals surface area (Å²) in [5.74, 6) is -0.875. The van der Waals surface area contributed by atoms with Crippen molar-refractivity contribution >= 4 is 23.2 Å². The van der Waals surface area contributed by atoms with E-state index in [1.54, 1.807) is 0 Å². The van der Waals surface area contributed by atoms with Crippen LogP contribution >= 0.6 is 23.2 Å². The summed E-state index contributed by atoms with van der Waals surface area (Å²) in [5, 5.41) is 0.445. The lowest BCUT2D eigenvalue weighted by Crippen LogP contribution is -2.14. The summed E-state index contributed by atoms with van der Waals surface area (Å²) >= 11 is 11.5. The van der Waals surface area contributed by atoms with Gasteiger partial charge in [-0.3, -0.25) is 0 Å². The van der Waals surface area contributed by atoms with Crippen LogP contribution in [0.15, 0.2) is 36.4 Å². The first-order chi connectivity index (χ1) is 8.97. The molecule has 1 unspecified atom stereocenters. The van der Waals surface area contributed by atoms with Crippen LogP contribution in [-0.4, -0.2) is 0 Å². The molecule has 0 spiro atoms. The molecule has 0 aliphatic carbocycles. The van der Waals surface area contributed by atoms with Crippen molar-refractivity contribution in [3.63, 3.8) is 0 Å². The van der Waals surface area contributed by atoms with E-state index in [9.17, 15) is 8.78 Å². The summed E-state index contributed by atoms with van der Waals surface area (Å²) in [6.45, 7) is 0. The van der Waals surface area contributed by atoms with E-state index in [1.807, 2.05) is 0 Å². The molecule has 0 aromatic heterocycles. The zero-order chi connectivity index (χ0) is 14.0. The van der Waals surface area contributed by atoms with Crippen molar-refractivity contribution in [2.75, 3.05) is 0 Å². The SMILES string of the molecule is NC(Cc1cc(Cl)ccc1F)c1ccc(F)c(Cl)c1. The van der Waals surface area contributed by atoms with Crippen molar-refractivity contribution in [3.05, 3.63) is 69.2 Å². The Kier molecular flexibility index (Phi) is 4.40. The average molecular weight is 302 g/mol. The lowest BCUT2D eigenvalue weighted by Gasteiger charge is -2.13. The molecule has 0 saturated heterocycles. The average Bonchev–Trinajstić information content (AvgIpc) is 2.37. The molecule has 2 aromatic rings. The van der Waals surface area contributed by atoms with Crippen molar-refractivity contribution in [2.45, 2.75) is 12.5 Å². The summed E-state index contributed by atoms with van der Waals surface area (Å²) in [7, 11) is 0. The highest BCUT2D eigenvalue weighted by Crippen LogP contribution is 2.24. The van der Waals surface area contributed by atoms with Gasteiger partial charge in [0.2, 0.25) is 0 Å². The topological polar surface area (TPSA) is 26.0 Å². The van der Waals surface area contributed by atoms with E-state index in [1.165, 1.54) is 36.4 Å². The van der Waals surface area contributed by atoms with Gasteiger partial charge in [-0.15, -0.1) is 0 Å². The standard InChI is InChI=1S/C14H11Cl2F2N/c15-10-2-4-12(17)9(5-10)7-14(19)8-1-3-13(18)11(16)6-8/h1-6,14H,7,19H2. The van der Waals surface area contributed by atoms with E-state index >= 15 is 0 Å². The molecule has 2 rings (SSSR count). The Morgan fingerprint density at radius 3 is 2.37 bits per heavy atom. The first kappa shape index (κ1) is 14.3. The Labute approximate surface area is 119 Å². The maximum absolute atomic E-state index is 13.6. The van der Waals surface area contributed by atoms with Crippen LogP contribution < -0.4 is 5.73 Å². The van der Waals surface area contributed by atoms with Crippen LogP contribution in [0.1, 0.15) is 17.2 Å². The van der Waals surface area contributed by atoms with Gasteiger partial charge >= 0.3 is 0 Å². The third-order valence-corrected chi connectivity index (χ3v) is 3.34. The molecule has 0 fully saturated rings. The number of nitrogens with two attached hydrogens (primary N) is 1. The van der Waals surface area contributed by atoms with Gasteiger partial charge in [-0.05, 0) is 47.9 Å². The monoisotopic (exact) mass is 301 g/mol. The van der Waals surface area contributed by atoms with Gasteiger partial charge in [0.15, 0.2) is 0 Å². The Morgan fingerprint density at radius 2 is 1.68 bits per heavy atom. The second kappa shape index (κ2) is 5.87. The molecule has 0 aliphatic heterocycles. The van der Waals surface area contributed by atoms with E-state index in [0.29, 0.717) is 16.1 Å². The highest BCUT2D eigenvalue weighted by Gasteiger charge is 2.12. The molecule has 2 N–H and O–H groups in total. The maximum Gasteiger partial charge on any atom is 0.141 e. The van der Waals surface area contributed by atoms with E-state index in [-0.39, 0.29) is 17.3 Å². The molecule has 19 heavy (non-hydrogen) atoms. The van der Waals surface area contributed by atoms with Crippen LogP contribution in [0.25, 0.3) is 0 Å². The van der Waals surface area contributed by atoms with E-state index < -0.39 is 11.9 Å². The second-order valence-corrected chi connectivity index (χ2v) is 5.06. The van der Waals surface area contributed by atoms with E-state index in [0.717, 1.165) is 0 Å². The molecule has 100 valence electrons. The first-order valence-electron chi connectivity index (χ1n) is 5.62. The fourth-order valence-electron chi connectivity index (χ4n) is 1.80. The number of benzene rings is 2. The Morgan fingerprint density at radius 1 is 1.00 bits per heavy atom. The first-order valence-corrected chi connectivity index (χ1v) is 6.37. The van der Waals surface area contributed by atoms with Gasteiger partial charge in [-0.25, -0.2) is 8.78 Å². The number of halogens is 4. The number of hydrogen-bond acceptors (Lipinski definition) is 1. The number of rotatable bonds is 3. The lowest BCUT2D eigenvalue weighted by molar-refractivity contribution is 0.592. The zero-order valence-electron chi connectivity index (χ0n) is 9.84. The Balaban J connectivity index is 2.22. The predicted octanol–water partition coefficient (Wildman–Crippen LogP) is 4.51. The van der Waals surface area contributed by atoms with Crippen LogP contribution in [0.2, 0.25) is 10.0 Å². The van der Waals surface area contributed by atoms with Gasteiger partial charge in [0, 0.05) is 11.1 Å². The minimum Gasteiger partial charge on any atom is -0.324 e. The quantitative estimate of drug-likeness (QED) is 0.886. The fraction of sp³-hybridized carbons (Fsp3) is 0.143. The van der Waals surface area contributed by atoms with E-state index in [2.05, 4.69) is 0 Å². The van der Waals surface area contributed by atoms with Gasteiger partial charge in [0.05, 0.1) is 5.02 Å². The largest absolute Gasteiger partial charge is 0.324 e. The lowest BCUT2D eigenvalue weighted by atomic mass is 9.99. The van der Waals surface area contributed by atoms with Crippen LogP contribution in [-0.2, 0) is 6.42 Å². The summed E-state index contributed by atoms with van der Waals surface area (Å²) in [6.07, 6.45) is 0.258. The molecule has 1 nitrogen and oxygen atoms in total. The van der Waals surface area contributed by atoms with Crippen molar-refractivity contribution in [2.24, 2.45) is 5.73 Å². The molecule has 0 amide bonds. The number of hydrogen-bond donors (Lipinski definition) is 1. The minimum absolute atomic E-state index is 0.000448. The maximum atomic E-state index is 13.6. The molecule has 5 heteroatoms. The normalized spacial score (nSPS) is 12.5. The highest BCUT2D eigenvalue weighted by molar-refractivity contribution is 6.31. The summed E-state index contributed by atoms with van der Waals surface area (Å²) in [6, 6.07) is 8.04. The predicted molar refractivity (Wildman–Crippen MR) is 73.5 cm³/mol. The molecule has 0 aliphatic rings. The van der Waals surface area contributed by atoms with Crippen molar-refractivity contribution in [1.29, 1.82) is 0 Å². The van der Waals surface area contributed by atoms with Crippen molar-refractivity contribution in [1.82, 2.24) is 0 Å².